The predicted octanol–water partition coefficient (Wildman–Crippen LogP) is 4.85. The SMILES string of the molecule is COC(=O)c1c(NC(=S)NC(=O)c2ccc(Cl)cc2Cl)sc2c1CCCC2. The van der Waals surface area contributed by atoms with E-state index >= 15 is 0 Å². The molecule has 27 heavy (non-hydrogen) atoms. The molecule has 9 heteroatoms. The van der Waals surface area contributed by atoms with Crippen LogP contribution in [0.25, 0.3) is 0 Å². The number of methoxy groups -OCH3 is 1. The normalized spacial score (nSPS) is 12.9. The van der Waals surface area contributed by atoms with Crippen molar-refractivity contribution in [3.8, 4) is 0 Å². The van der Waals surface area contributed by atoms with Crippen molar-refractivity contribution >= 4 is 68.7 Å². The highest BCUT2D eigenvalue weighted by Crippen LogP contribution is 2.38. The maximum absolute atomic E-state index is 12.4. The predicted molar refractivity (Wildman–Crippen MR) is 112 cm³/mol. The van der Waals surface area contributed by atoms with Crippen LogP contribution in [0, 0.1) is 0 Å². The van der Waals surface area contributed by atoms with E-state index in [0.29, 0.717) is 15.6 Å². The van der Waals surface area contributed by atoms with Crippen LogP contribution < -0.4 is 10.6 Å². The number of aryl methyl sites for hydroxylation is 1. The lowest BCUT2D eigenvalue weighted by Crippen LogP contribution is -2.34. The molecule has 0 spiro atoms. The number of carbonyl (C=O) groups is 2. The van der Waals surface area contributed by atoms with E-state index in [-0.39, 0.29) is 15.7 Å². The molecular formula is C18H16Cl2N2O3S2. The Bertz CT molecular complexity index is 928. The van der Waals surface area contributed by atoms with E-state index in [2.05, 4.69) is 10.6 Å². The molecule has 1 amide bonds. The highest BCUT2D eigenvalue weighted by Gasteiger charge is 2.26. The van der Waals surface area contributed by atoms with Gasteiger partial charge in [-0.05, 0) is 61.7 Å². The molecular weight excluding hydrogens is 427 g/mol. The summed E-state index contributed by atoms with van der Waals surface area (Å²) in [5.74, 6) is -0.873. The Kier molecular flexibility index (Phi) is 6.37. The molecule has 0 fully saturated rings. The number of thiocarbonyl (C=S) groups is 1. The highest BCUT2D eigenvalue weighted by atomic mass is 35.5. The molecule has 142 valence electrons. The van der Waals surface area contributed by atoms with Crippen molar-refractivity contribution in [1.29, 1.82) is 0 Å². The van der Waals surface area contributed by atoms with E-state index in [9.17, 15) is 9.59 Å². The Morgan fingerprint density at radius 2 is 1.96 bits per heavy atom. The number of thiophene rings is 1. The van der Waals surface area contributed by atoms with E-state index in [4.69, 9.17) is 40.2 Å². The molecule has 5 nitrogen and oxygen atoms in total. The average molecular weight is 443 g/mol. The third-order valence-electron chi connectivity index (χ3n) is 4.19. The summed E-state index contributed by atoms with van der Waals surface area (Å²) in [6.07, 6.45) is 3.87. The van der Waals surface area contributed by atoms with Crippen LogP contribution in [0.2, 0.25) is 10.0 Å². The molecule has 2 N–H and O–H groups in total. The van der Waals surface area contributed by atoms with Gasteiger partial charge in [0.2, 0.25) is 0 Å². The van der Waals surface area contributed by atoms with Crippen LogP contribution >= 0.6 is 46.8 Å². The molecule has 0 atom stereocenters. The van der Waals surface area contributed by atoms with Gasteiger partial charge >= 0.3 is 5.97 Å². The van der Waals surface area contributed by atoms with Crippen LogP contribution in [0.1, 0.15) is 44.0 Å². The van der Waals surface area contributed by atoms with Crippen LogP contribution in [-0.4, -0.2) is 24.1 Å². The summed E-state index contributed by atoms with van der Waals surface area (Å²) in [6.45, 7) is 0. The Morgan fingerprint density at radius 1 is 1.22 bits per heavy atom. The van der Waals surface area contributed by atoms with Crippen molar-refractivity contribution in [3.05, 3.63) is 49.8 Å². The van der Waals surface area contributed by atoms with Gasteiger partial charge in [0.1, 0.15) is 5.00 Å². The zero-order chi connectivity index (χ0) is 19.6. The zero-order valence-electron chi connectivity index (χ0n) is 14.4. The summed E-state index contributed by atoms with van der Waals surface area (Å²) in [5.41, 5.74) is 1.76. The first-order valence-electron chi connectivity index (χ1n) is 8.21. The van der Waals surface area contributed by atoms with Crippen LogP contribution in [0.15, 0.2) is 18.2 Å². The minimum Gasteiger partial charge on any atom is -0.465 e. The molecule has 1 heterocycles. The summed E-state index contributed by atoms with van der Waals surface area (Å²) in [6, 6.07) is 4.57. The van der Waals surface area contributed by atoms with Gasteiger partial charge < -0.3 is 10.1 Å². The van der Waals surface area contributed by atoms with Crippen molar-refractivity contribution in [2.45, 2.75) is 25.7 Å². The number of hydrogen-bond donors (Lipinski definition) is 2. The Balaban J connectivity index is 1.79. The van der Waals surface area contributed by atoms with E-state index in [1.54, 1.807) is 6.07 Å². The number of benzene rings is 1. The molecule has 0 aliphatic heterocycles. The molecule has 0 saturated carbocycles. The van der Waals surface area contributed by atoms with E-state index < -0.39 is 11.9 Å². The fourth-order valence-electron chi connectivity index (χ4n) is 2.95. The van der Waals surface area contributed by atoms with Gasteiger partial charge in [0.05, 0.1) is 23.3 Å². The second-order valence-corrected chi connectivity index (χ2v) is 8.30. The summed E-state index contributed by atoms with van der Waals surface area (Å²) in [4.78, 5) is 25.8. The second kappa shape index (κ2) is 8.56. The standard InChI is InChI=1S/C18H16Cl2N2O3S2/c1-25-17(24)14-11-4-2-3-5-13(11)27-16(14)22-18(26)21-15(23)10-7-6-9(19)8-12(10)20/h6-8H,2-5H2,1H3,(H2,21,22,23,26). The van der Waals surface area contributed by atoms with E-state index in [1.807, 2.05) is 0 Å². The van der Waals surface area contributed by atoms with E-state index in [1.165, 1.54) is 30.6 Å². The van der Waals surface area contributed by atoms with Crippen LogP contribution in [0.4, 0.5) is 5.00 Å². The molecule has 0 saturated heterocycles. The monoisotopic (exact) mass is 442 g/mol. The van der Waals surface area contributed by atoms with Crippen molar-refractivity contribution in [2.75, 3.05) is 12.4 Å². The first kappa shape index (κ1) is 20.1. The van der Waals surface area contributed by atoms with Crippen molar-refractivity contribution < 1.29 is 14.3 Å². The summed E-state index contributed by atoms with van der Waals surface area (Å²) >= 11 is 18.6. The largest absolute Gasteiger partial charge is 0.465 e. The molecule has 1 aliphatic rings. The molecule has 0 radical (unpaired) electrons. The minimum absolute atomic E-state index is 0.0785. The van der Waals surface area contributed by atoms with Crippen molar-refractivity contribution in [3.63, 3.8) is 0 Å². The smallest absolute Gasteiger partial charge is 0.341 e. The van der Waals surface area contributed by atoms with Crippen molar-refractivity contribution in [1.82, 2.24) is 5.32 Å². The van der Waals surface area contributed by atoms with Gasteiger partial charge in [-0.3, -0.25) is 10.1 Å². The molecule has 0 unspecified atom stereocenters. The number of nitrogens with one attached hydrogen (secondary N) is 2. The molecule has 1 aromatic carbocycles. The lowest BCUT2D eigenvalue weighted by Gasteiger charge is -2.12. The molecule has 3 rings (SSSR count). The summed E-state index contributed by atoms with van der Waals surface area (Å²) in [5, 5.41) is 6.86. The summed E-state index contributed by atoms with van der Waals surface area (Å²) in [7, 11) is 1.35. The first-order valence-corrected chi connectivity index (χ1v) is 10.2. The fraction of sp³-hybridized carbons (Fsp3) is 0.278. The van der Waals surface area contributed by atoms with Gasteiger partial charge in [-0.25, -0.2) is 4.79 Å². The fourth-order valence-corrected chi connectivity index (χ4v) is 4.99. The quantitative estimate of drug-likeness (QED) is 0.525. The van der Waals surface area contributed by atoms with Crippen LogP contribution in [0.3, 0.4) is 0 Å². The zero-order valence-corrected chi connectivity index (χ0v) is 17.5. The Hall–Kier alpha value is -1.67. The van der Waals surface area contributed by atoms with Gasteiger partial charge in [0.15, 0.2) is 5.11 Å². The number of ether oxygens (including phenoxy) is 1. The van der Waals surface area contributed by atoms with Gasteiger partial charge in [-0.15, -0.1) is 11.3 Å². The number of fused-ring (bicyclic) bond motifs is 1. The highest BCUT2D eigenvalue weighted by molar-refractivity contribution is 7.80. The number of hydrogen-bond acceptors (Lipinski definition) is 5. The van der Waals surface area contributed by atoms with Gasteiger partial charge in [-0.1, -0.05) is 23.2 Å². The Morgan fingerprint density at radius 3 is 2.67 bits per heavy atom. The number of halogens is 2. The van der Waals surface area contributed by atoms with Crippen LogP contribution in [-0.2, 0) is 17.6 Å². The number of amides is 1. The number of anilines is 1. The average Bonchev–Trinajstić information content (AvgIpc) is 2.98. The molecule has 1 aliphatic carbocycles. The number of esters is 1. The lowest BCUT2D eigenvalue weighted by molar-refractivity contribution is 0.0601. The topological polar surface area (TPSA) is 67.4 Å². The molecule has 0 bridgehead atoms. The van der Waals surface area contributed by atoms with Gasteiger partial charge in [0, 0.05) is 9.90 Å². The number of rotatable bonds is 3. The van der Waals surface area contributed by atoms with E-state index in [0.717, 1.165) is 36.1 Å². The maximum atomic E-state index is 12.4. The molecule has 2 aromatic rings. The number of carbonyl (C=O) groups excluding carboxylic acids is 2. The van der Waals surface area contributed by atoms with Crippen LogP contribution in [0.5, 0.6) is 0 Å². The van der Waals surface area contributed by atoms with Gasteiger partial charge in [0.25, 0.3) is 5.91 Å². The molecule has 1 aromatic heterocycles. The van der Waals surface area contributed by atoms with Crippen molar-refractivity contribution in [2.24, 2.45) is 0 Å². The van der Waals surface area contributed by atoms with Gasteiger partial charge in [-0.2, -0.15) is 0 Å². The second-order valence-electron chi connectivity index (χ2n) is 5.94. The minimum atomic E-state index is -0.463. The maximum Gasteiger partial charge on any atom is 0.341 e. The Labute approximate surface area is 176 Å². The third-order valence-corrected chi connectivity index (χ3v) is 6.15. The third kappa shape index (κ3) is 4.43. The lowest BCUT2D eigenvalue weighted by atomic mass is 9.95. The first-order chi connectivity index (χ1) is 12.9. The summed E-state index contributed by atoms with van der Waals surface area (Å²) < 4.78 is 4.93.